The van der Waals surface area contributed by atoms with Gasteiger partial charge in [0.15, 0.2) is 0 Å². The van der Waals surface area contributed by atoms with Gasteiger partial charge in [0.1, 0.15) is 11.5 Å². The third-order valence-corrected chi connectivity index (χ3v) is 7.55. The Hall–Kier alpha value is -5.59. The summed E-state index contributed by atoms with van der Waals surface area (Å²) in [5, 5.41) is 25.9. The number of amides is 2. The zero-order chi connectivity index (χ0) is 31.4. The molecule has 2 amide bonds. The Morgan fingerprint density at radius 3 is 2.07 bits per heavy atom. The number of hydrogen-bond acceptors (Lipinski definition) is 8. The summed E-state index contributed by atoms with van der Waals surface area (Å²) in [5.41, 5.74) is 2.97. The van der Waals surface area contributed by atoms with Crippen molar-refractivity contribution in [2.75, 3.05) is 17.7 Å². The van der Waals surface area contributed by atoms with Crippen LogP contribution in [-0.4, -0.2) is 37.0 Å². The van der Waals surface area contributed by atoms with Gasteiger partial charge >= 0.3 is 0 Å². The van der Waals surface area contributed by atoms with Gasteiger partial charge in [0.25, 0.3) is 21.9 Å². The largest absolute Gasteiger partial charge is 0.507 e. The number of benzene rings is 5. The van der Waals surface area contributed by atoms with Crippen molar-refractivity contribution in [2.45, 2.75) is 11.8 Å². The summed E-state index contributed by atoms with van der Waals surface area (Å²) >= 11 is 0. The highest BCUT2D eigenvalue weighted by molar-refractivity contribution is 7.85. The number of anilines is 2. The van der Waals surface area contributed by atoms with Gasteiger partial charge in [0, 0.05) is 16.9 Å². The molecule has 0 aliphatic rings. The summed E-state index contributed by atoms with van der Waals surface area (Å²) < 4.78 is 36.7. The van der Waals surface area contributed by atoms with Crippen molar-refractivity contribution in [1.29, 1.82) is 0 Å². The van der Waals surface area contributed by atoms with E-state index in [2.05, 4.69) is 20.9 Å². The smallest absolute Gasteiger partial charge is 0.294 e. The molecular formula is C32H26N4O7S. The van der Waals surface area contributed by atoms with E-state index in [9.17, 15) is 23.1 Å². The van der Waals surface area contributed by atoms with E-state index in [4.69, 9.17) is 9.29 Å². The first kappa shape index (κ1) is 29.9. The number of fused-ring (bicyclic) bond motifs is 1. The van der Waals surface area contributed by atoms with Crippen LogP contribution < -0.4 is 15.4 Å². The maximum absolute atomic E-state index is 12.9. The maximum Gasteiger partial charge on any atom is 0.294 e. The Balaban J connectivity index is 1.34. The molecule has 5 aromatic rings. The lowest BCUT2D eigenvalue weighted by molar-refractivity contribution is 0.101. The average molecular weight is 611 g/mol. The SMILES string of the molecule is COc1ccc(NC(=O)c2cc3cc(N=Nc4cc(C(=O)Nc5ccc(S(=O)(=O)O)cc5)ccc4C)ccc3cc2O)cc1. The lowest BCUT2D eigenvalue weighted by Gasteiger charge is -2.09. The number of nitrogens with zero attached hydrogens (tertiary/aromatic N) is 2. The van der Waals surface area contributed by atoms with Gasteiger partial charge in [-0.2, -0.15) is 18.6 Å². The molecule has 0 heterocycles. The molecule has 0 unspecified atom stereocenters. The second kappa shape index (κ2) is 12.3. The molecule has 222 valence electrons. The number of carbonyl (C=O) groups is 2. The van der Waals surface area contributed by atoms with Crippen molar-refractivity contribution in [3.05, 3.63) is 114 Å². The molecule has 44 heavy (non-hydrogen) atoms. The van der Waals surface area contributed by atoms with Crippen molar-refractivity contribution in [2.24, 2.45) is 10.2 Å². The van der Waals surface area contributed by atoms with Crippen molar-refractivity contribution in [3.63, 3.8) is 0 Å². The molecule has 0 spiro atoms. The minimum atomic E-state index is -4.34. The summed E-state index contributed by atoms with van der Waals surface area (Å²) in [5.74, 6) is -0.457. The second-order valence-corrected chi connectivity index (χ2v) is 11.2. The van der Waals surface area contributed by atoms with Crippen LogP contribution in [0.3, 0.4) is 0 Å². The molecule has 0 aliphatic carbocycles. The molecule has 5 aromatic carbocycles. The lowest BCUT2D eigenvalue weighted by Crippen LogP contribution is -2.12. The molecule has 12 heteroatoms. The zero-order valence-corrected chi connectivity index (χ0v) is 24.3. The molecule has 4 N–H and O–H groups in total. The van der Waals surface area contributed by atoms with Crippen LogP contribution in [0.15, 0.2) is 112 Å². The number of ether oxygens (including phenoxy) is 1. The van der Waals surface area contributed by atoms with Crippen LogP contribution in [0.4, 0.5) is 22.7 Å². The Morgan fingerprint density at radius 1 is 0.750 bits per heavy atom. The van der Waals surface area contributed by atoms with Gasteiger partial charge in [0.05, 0.1) is 28.9 Å². The predicted molar refractivity (Wildman–Crippen MR) is 166 cm³/mol. The van der Waals surface area contributed by atoms with Gasteiger partial charge in [-0.05, 0) is 108 Å². The van der Waals surface area contributed by atoms with E-state index in [0.717, 1.165) is 5.56 Å². The first-order chi connectivity index (χ1) is 21.0. The van der Waals surface area contributed by atoms with Crippen LogP contribution in [0.5, 0.6) is 11.5 Å². The molecule has 0 aliphatic heterocycles. The summed E-state index contributed by atoms with van der Waals surface area (Å²) in [6.07, 6.45) is 0. The van der Waals surface area contributed by atoms with Gasteiger partial charge in [0.2, 0.25) is 0 Å². The number of hydrogen-bond donors (Lipinski definition) is 4. The molecule has 0 aromatic heterocycles. The van der Waals surface area contributed by atoms with Gasteiger partial charge < -0.3 is 20.5 Å². The maximum atomic E-state index is 12.9. The van der Waals surface area contributed by atoms with E-state index in [1.165, 1.54) is 30.3 Å². The van der Waals surface area contributed by atoms with Gasteiger partial charge in [-0.15, -0.1) is 0 Å². The Kier molecular flexibility index (Phi) is 8.38. The molecule has 11 nitrogen and oxygen atoms in total. The Labute approximate surface area is 252 Å². The van der Waals surface area contributed by atoms with Crippen LogP contribution >= 0.6 is 0 Å². The van der Waals surface area contributed by atoms with Crippen molar-refractivity contribution in [1.82, 2.24) is 0 Å². The topological polar surface area (TPSA) is 167 Å². The molecule has 0 saturated heterocycles. The predicted octanol–water partition coefficient (Wildman–Crippen LogP) is 7.03. The molecule has 0 saturated carbocycles. The fourth-order valence-corrected chi connectivity index (χ4v) is 4.75. The summed E-state index contributed by atoms with van der Waals surface area (Å²) in [6.45, 7) is 1.82. The highest BCUT2D eigenvalue weighted by Crippen LogP contribution is 2.30. The molecule has 5 rings (SSSR count). The van der Waals surface area contributed by atoms with Crippen molar-refractivity contribution >= 4 is 55.5 Å². The van der Waals surface area contributed by atoms with E-state index in [-0.39, 0.29) is 16.2 Å². The number of phenols is 1. The van der Waals surface area contributed by atoms with E-state index in [1.807, 2.05) is 6.92 Å². The van der Waals surface area contributed by atoms with Gasteiger partial charge in [-0.25, -0.2) is 0 Å². The average Bonchev–Trinajstić information content (AvgIpc) is 3.00. The van der Waals surface area contributed by atoms with Crippen LogP contribution in [-0.2, 0) is 10.1 Å². The second-order valence-electron chi connectivity index (χ2n) is 9.74. The first-order valence-corrected chi connectivity index (χ1v) is 14.6. The minimum absolute atomic E-state index is 0.0876. The number of rotatable bonds is 8. The standard InChI is InChI=1S/C32H26N4O7S/c1-19-3-4-21(31(38)33-24-9-13-27(14-10-24)44(40,41)42)17-29(19)36-35-25-6-5-20-18-30(37)28(16-22(20)15-25)32(39)34-23-7-11-26(43-2)12-8-23/h3-18,37H,1-2H3,(H,33,38)(H,34,39)(H,40,41,42). The van der Waals surface area contributed by atoms with Crippen molar-refractivity contribution in [3.8, 4) is 11.5 Å². The molecular weight excluding hydrogens is 584 g/mol. The number of nitrogens with one attached hydrogen (secondary N) is 2. The number of methoxy groups -OCH3 is 1. The van der Waals surface area contributed by atoms with Crippen LogP contribution in [0.1, 0.15) is 26.3 Å². The highest BCUT2D eigenvalue weighted by Gasteiger charge is 2.14. The first-order valence-electron chi connectivity index (χ1n) is 13.1. The quantitative estimate of drug-likeness (QED) is 0.108. The summed E-state index contributed by atoms with van der Waals surface area (Å²) in [6, 6.07) is 25.1. The van der Waals surface area contributed by atoms with Crippen LogP contribution in [0.25, 0.3) is 10.8 Å². The molecule has 0 radical (unpaired) electrons. The van der Waals surface area contributed by atoms with E-state index in [0.29, 0.717) is 44.8 Å². The Bertz CT molecular complexity index is 2030. The Morgan fingerprint density at radius 2 is 1.41 bits per heavy atom. The van der Waals surface area contributed by atoms with E-state index >= 15 is 0 Å². The minimum Gasteiger partial charge on any atom is -0.507 e. The normalized spacial score (nSPS) is 11.4. The fraction of sp³-hybridized carbons (Fsp3) is 0.0625. The highest BCUT2D eigenvalue weighted by atomic mass is 32.2. The fourth-order valence-electron chi connectivity index (χ4n) is 4.27. The van der Waals surface area contributed by atoms with Crippen LogP contribution in [0, 0.1) is 6.92 Å². The van der Waals surface area contributed by atoms with Crippen molar-refractivity contribution < 1.29 is 32.4 Å². The molecule has 0 fully saturated rings. The number of phenolic OH excluding ortho intramolecular Hbond substituents is 1. The lowest BCUT2D eigenvalue weighted by atomic mass is 10.0. The molecule has 0 bridgehead atoms. The van der Waals surface area contributed by atoms with Gasteiger partial charge in [-0.3, -0.25) is 14.1 Å². The van der Waals surface area contributed by atoms with E-state index in [1.54, 1.807) is 73.8 Å². The van der Waals surface area contributed by atoms with E-state index < -0.39 is 21.9 Å². The zero-order valence-electron chi connectivity index (χ0n) is 23.5. The third kappa shape index (κ3) is 6.89. The summed E-state index contributed by atoms with van der Waals surface area (Å²) in [4.78, 5) is 25.5. The molecule has 0 atom stereocenters. The number of aryl methyl sites for hydroxylation is 1. The summed E-state index contributed by atoms with van der Waals surface area (Å²) in [7, 11) is -2.79. The number of aromatic hydroxyl groups is 1. The number of azo groups is 1. The van der Waals surface area contributed by atoms with Gasteiger partial charge in [-0.1, -0.05) is 12.1 Å². The monoisotopic (exact) mass is 610 g/mol. The number of carbonyl (C=O) groups excluding carboxylic acids is 2. The van der Waals surface area contributed by atoms with Crippen LogP contribution in [0.2, 0.25) is 0 Å². The third-order valence-electron chi connectivity index (χ3n) is 6.69.